The van der Waals surface area contributed by atoms with E-state index in [9.17, 15) is 19.2 Å². The molecule has 0 radical (unpaired) electrons. The number of amides is 2. The topological polar surface area (TPSA) is 129 Å². The minimum absolute atomic E-state index is 0.0518. The number of nitrogens with one attached hydrogen (secondary N) is 2. The number of ketones is 1. The van der Waals surface area contributed by atoms with Crippen LogP contribution in [0.25, 0.3) is 11.1 Å². The molecule has 10 nitrogen and oxygen atoms in total. The molecule has 40 heavy (non-hydrogen) atoms. The molecule has 0 aliphatic heterocycles. The Morgan fingerprint density at radius 2 is 1.00 bits per heavy atom. The number of hydrogen-bond acceptors (Lipinski definition) is 8. The van der Waals surface area contributed by atoms with Gasteiger partial charge in [0.15, 0.2) is 3.79 Å². The highest BCUT2D eigenvalue weighted by molar-refractivity contribution is 14.1. The Morgan fingerprint density at radius 3 is 1.43 bits per heavy atom. The van der Waals surface area contributed by atoms with Crippen LogP contribution in [0.2, 0.25) is 0 Å². The molecule has 0 spiro atoms. The summed E-state index contributed by atoms with van der Waals surface area (Å²) in [5.74, 6) is -0.464. The van der Waals surface area contributed by atoms with Gasteiger partial charge in [0.1, 0.15) is 5.78 Å². The van der Waals surface area contributed by atoms with E-state index >= 15 is 0 Å². The Kier molecular flexibility index (Phi) is 16.9. The van der Waals surface area contributed by atoms with Crippen molar-refractivity contribution in [2.24, 2.45) is 0 Å². The van der Waals surface area contributed by atoms with Gasteiger partial charge in [-0.3, -0.25) is 19.2 Å². The second-order valence-corrected chi connectivity index (χ2v) is 9.81. The largest absolute Gasteiger partial charge is 0.379 e. The number of hydrogen-bond donors (Lipinski definition) is 2. The number of benzene rings is 2. The second-order valence-electron chi connectivity index (χ2n) is 8.61. The van der Waals surface area contributed by atoms with Crippen molar-refractivity contribution in [3.8, 4) is 11.1 Å². The van der Waals surface area contributed by atoms with Gasteiger partial charge in [0.05, 0.1) is 52.9 Å². The molecule has 0 aliphatic rings. The summed E-state index contributed by atoms with van der Waals surface area (Å²) in [7, 11) is 0. The standard InChI is InChI=1S/C29H37IN2O8/c1-22(33)10-14-37-18-20-39-16-12-31-28(35)25-8-4-2-6-23(25)24-7-3-5-9-26(24)29(36)32-13-17-40-21-19-38-15-11-27(30)34/h2-9H,10-21H2,1H3,(H,31,35)(H,32,36). The highest BCUT2D eigenvalue weighted by atomic mass is 127. The molecular weight excluding hydrogens is 631 g/mol. The van der Waals surface area contributed by atoms with Gasteiger partial charge >= 0.3 is 0 Å². The zero-order valence-corrected chi connectivity index (χ0v) is 24.9. The molecular formula is C29H37IN2O8. The van der Waals surface area contributed by atoms with Crippen LogP contribution in [-0.4, -0.2) is 87.3 Å². The maximum absolute atomic E-state index is 13.0. The van der Waals surface area contributed by atoms with E-state index in [4.69, 9.17) is 18.9 Å². The van der Waals surface area contributed by atoms with E-state index in [0.717, 1.165) is 0 Å². The Balaban J connectivity index is 1.82. The first-order valence-corrected chi connectivity index (χ1v) is 14.2. The molecule has 2 amide bonds. The average molecular weight is 669 g/mol. The van der Waals surface area contributed by atoms with Crippen LogP contribution in [0.15, 0.2) is 48.5 Å². The van der Waals surface area contributed by atoms with E-state index < -0.39 is 0 Å². The summed E-state index contributed by atoms with van der Waals surface area (Å²) < 4.78 is 21.6. The van der Waals surface area contributed by atoms with Gasteiger partial charge in [-0.25, -0.2) is 0 Å². The number of carbonyl (C=O) groups is 4. The van der Waals surface area contributed by atoms with Crippen LogP contribution in [0.3, 0.4) is 0 Å². The van der Waals surface area contributed by atoms with Gasteiger partial charge in [0.25, 0.3) is 11.8 Å². The van der Waals surface area contributed by atoms with E-state index in [1.807, 2.05) is 24.3 Å². The molecule has 2 rings (SSSR count). The van der Waals surface area contributed by atoms with E-state index in [-0.39, 0.29) is 21.4 Å². The predicted octanol–water partition coefficient (Wildman–Crippen LogP) is 3.21. The molecule has 0 unspecified atom stereocenters. The van der Waals surface area contributed by atoms with Crippen LogP contribution >= 0.6 is 22.6 Å². The molecule has 0 aliphatic carbocycles. The molecule has 2 aromatic carbocycles. The Morgan fingerprint density at radius 1 is 0.600 bits per heavy atom. The Labute approximate surface area is 248 Å². The van der Waals surface area contributed by atoms with Gasteiger partial charge in [-0.05, 0) is 52.8 Å². The maximum Gasteiger partial charge on any atom is 0.251 e. The van der Waals surface area contributed by atoms with Crippen LogP contribution < -0.4 is 10.6 Å². The molecule has 0 heterocycles. The van der Waals surface area contributed by atoms with E-state index in [1.165, 1.54) is 6.92 Å². The normalized spacial score (nSPS) is 10.8. The van der Waals surface area contributed by atoms with Gasteiger partial charge in [0, 0.05) is 37.1 Å². The summed E-state index contributed by atoms with van der Waals surface area (Å²) in [6.45, 7) is 5.00. The van der Waals surface area contributed by atoms with Crippen molar-refractivity contribution in [2.45, 2.75) is 19.8 Å². The van der Waals surface area contributed by atoms with Crippen molar-refractivity contribution in [3.05, 3.63) is 59.7 Å². The molecule has 2 aromatic rings. The van der Waals surface area contributed by atoms with Crippen LogP contribution in [0.5, 0.6) is 0 Å². The fourth-order valence-corrected chi connectivity index (χ4v) is 3.73. The number of Topliss-reactive ketones (excluding diaryl/α,β-unsaturated/α-hetero) is 1. The van der Waals surface area contributed by atoms with Crippen molar-refractivity contribution < 1.29 is 38.1 Å². The first-order chi connectivity index (χ1) is 19.4. The summed E-state index contributed by atoms with van der Waals surface area (Å²) in [6.07, 6.45) is 0.755. The zero-order valence-electron chi connectivity index (χ0n) is 22.7. The average Bonchev–Trinajstić information content (AvgIpc) is 2.94. The van der Waals surface area contributed by atoms with Gasteiger partial charge < -0.3 is 29.6 Å². The van der Waals surface area contributed by atoms with Crippen molar-refractivity contribution in [2.75, 3.05) is 65.9 Å². The summed E-state index contributed by atoms with van der Waals surface area (Å²) in [5.41, 5.74) is 2.18. The fourth-order valence-electron chi connectivity index (χ4n) is 3.51. The molecule has 0 bridgehead atoms. The molecule has 0 saturated heterocycles. The SMILES string of the molecule is CC(=O)CCOCCOCCNC(=O)c1ccccc1-c1ccccc1C(=O)NCCOCCOCCC(=O)I. The quantitative estimate of drug-likeness (QED) is 0.118. The smallest absolute Gasteiger partial charge is 0.251 e. The lowest BCUT2D eigenvalue weighted by molar-refractivity contribution is -0.118. The van der Waals surface area contributed by atoms with Crippen LogP contribution in [0.1, 0.15) is 40.5 Å². The highest BCUT2D eigenvalue weighted by Gasteiger charge is 2.17. The van der Waals surface area contributed by atoms with Crippen molar-refractivity contribution in [1.82, 2.24) is 10.6 Å². The number of carbonyl (C=O) groups excluding carboxylic acids is 4. The molecule has 2 N–H and O–H groups in total. The van der Waals surface area contributed by atoms with E-state index in [1.54, 1.807) is 46.9 Å². The van der Waals surface area contributed by atoms with E-state index in [2.05, 4.69) is 10.6 Å². The Hall–Kier alpha value is -2.71. The molecule has 0 saturated carbocycles. The number of ether oxygens (including phenoxy) is 4. The zero-order chi connectivity index (χ0) is 29.0. The first-order valence-electron chi connectivity index (χ1n) is 13.1. The minimum atomic E-state index is -0.273. The van der Waals surface area contributed by atoms with Crippen molar-refractivity contribution >= 4 is 44.0 Å². The lowest BCUT2D eigenvalue weighted by atomic mass is 9.94. The Bertz CT molecular complexity index is 1010. The fraction of sp³-hybridized carbons (Fsp3) is 0.448. The highest BCUT2D eigenvalue weighted by Crippen LogP contribution is 2.27. The summed E-state index contributed by atoms with van der Waals surface area (Å²) in [5, 5.41) is 5.71. The third-order valence-electron chi connectivity index (χ3n) is 5.48. The number of halogens is 1. The van der Waals surface area contributed by atoms with Gasteiger partial charge in [-0.2, -0.15) is 0 Å². The number of rotatable bonds is 21. The van der Waals surface area contributed by atoms with Crippen molar-refractivity contribution in [3.63, 3.8) is 0 Å². The van der Waals surface area contributed by atoms with Crippen LogP contribution in [0, 0.1) is 0 Å². The monoisotopic (exact) mass is 668 g/mol. The molecule has 0 aromatic heterocycles. The predicted molar refractivity (Wildman–Crippen MR) is 159 cm³/mol. The third kappa shape index (κ3) is 13.6. The summed E-state index contributed by atoms with van der Waals surface area (Å²) >= 11 is 1.73. The van der Waals surface area contributed by atoms with Crippen molar-refractivity contribution in [1.29, 1.82) is 0 Å². The lowest BCUT2D eigenvalue weighted by Gasteiger charge is -2.14. The molecule has 218 valence electrons. The third-order valence-corrected chi connectivity index (χ3v) is 6.02. The lowest BCUT2D eigenvalue weighted by Crippen LogP contribution is -2.29. The molecule has 11 heteroatoms. The maximum atomic E-state index is 13.0. The molecule has 0 atom stereocenters. The minimum Gasteiger partial charge on any atom is -0.379 e. The van der Waals surface area contributed by atoms with Crippen LogP contribution in [0.4, 0.5) is 0 Å². The van der Waals surface area contributed by atoms with Gasteiger partial charge in [0.2, 0.25) is 0 Å². The van der Waals surface area contributed by atoms with E-state index in [0.29, 0.717) is 101 Å². The van der Waals surface area contributed by atoms with Gasteiger partial charge in [-0.1, -0.05) is 36.4 Å². The molecule has 0 fully saturated rings. The van der Waals surface area contributed by atoms with Crippen LogP contribution in [-0.2, 0) is 28.5 Å². The summed E-state index contributed by atoms with van der Waals surface area (Å²) in [4.78, 5) is 47.7. The second kappa shape index (κ2) is 20.2. The summed E-state index contributed by atoms with van der Waals surface area (Å²) in [6, 6.07) is 14.2. The first kappa shape index (κ1) is 33.5. The van der Waals surface area contributed by atoms with Gasteiger partial charge in [-0.15, -0.1) is 0 Å².